The van der Waals surface area contributed by atoms with Gasteiger partial charge in [-0.1, -0.05) is 0 Å². The molecule has 0 aliphatic carbocycles. The van der Waals surface area contributed by atoms with E-state index < -0.39 is 17.3 Å². The van der Waals surface area contributed by atoms with Gasteiger partial charge < -0.3 is 24.1 Å². The number of aromatic nitrogens is 2. The lowest BCUT2D eigenvalue weighted by molar-refractivity contribution is 0.101. The number of nitrogens with one attached hydrogen (secondary N) is 1. The molecule has 1 fully saturated rings. The maximum Gasteiger partial charge on any atom is 0.349 e. The van der Waals surface area contributed by atoms with Crippen LogP contribution in [0.2, 0.25) is 0 Å². The number of fused-ring (bicyclic) bond motifs is 1. The summed E-state index contributed by atoms with van der Waals surface area (Å²) in [7, 11) is 3.02. The first-order valence-electron chi connectivity index (χ1n) is 13.0. The molecule has 5 rings (SSSR count). The summed E-state index contributed by atoms with van der Waals surface area (Å²) >= 11 is 0. The number of anilines is 3. The Kier molecular flexibility index (Phi) is 8.22. The molecule has 1 aliphatic heterocycles. The van der Waals surface area contributed by atoms with Gasteiger partial charge in [-0.2, -0.15) is 0 Å². The second kappa shape index (κ2) is 12.0. The van der Waals surface area contributed by atoms with Crippen LogP contribution in [0.15, 0.2) is 51.8 Å². The van der Waals surface area contributed by atoms with E-state index in [1.54, 1.807) is 25.3 Å². The van der Waals surface area contributed by atoms with Crippen LogP contribution in [0.3, 0.4) is 0 Å². The van der Waals surface area contributed by atoms with Crippen molar-refractivity contribution < 1.29 is 27.5 Å². The van der Waals surface area contributed by atoms with Gasteiger partial charge in [0.2, 0.25) is 5.95 Å². The van der Waals surface area contributed by atoms with Gasteiger partial charge in [0.05, 0.1) is 25.6 Å². The summed E-state index contributed by atoms with van der Waals surface area (Å²) in [5, 5.41) is 3.61. The summed E-state index contributed by atoms with van der Waals surface area (Å²) in [4.78, 5) is 38.1. The molecule has 41 heavy (non-hydrogen) atoms. The molecule has 1 aliphatic rings. The number of hydrogen-bond donors (Lipinski definition) is 1. The lowest BCUT2D eigenvalue weighted by atomic mass is 10.0. The van der Waals surface area contributed by atoms with Gasteiger partial charge in [-0.25, -0.2) is 23.5 Å². The average molecular weight is 566 g/mol. The third-order valence-corrected chi connectivity index (χ3v) is 6.95. The van der Waals surface area contributed by atoms with Crippen molar-refractivity contribution in [3.63, 3.8) is 0 Å². The molecule has 3 heterocycles. The number of halogens is 2. The van der Waals surface area contributed by atoms with Crippen LogP contribution in [-0.4, -0.2) is 74.2 Å². The van der Waals surface area contributed by atoms with E-state index in [2.05, 4.69) is 20.2 Å². The summed E-state index contributed by atoms with van der Waals surface area (Å²) < 4.78 is 44.3. The molecule has 12 heteroatoms. The molecular weight excluding hydrogens is 536 g/mol. The number of Topliss-reactive ketones (excluding diaryl/α,β-unsaturated/α-hetero) is 1. The van der Waals surface area contributed by atoms with E-state index in [4.69, 9.17) is 13.9 Å². The Morgan fingerprint density at radius 3 is 2.59 bits per heavy atom. The maximum atomic E-state index is 14.7. The Morgan fingerprint density at radius 2 is 1.88 bits per heavy atom. The minimum atomic E-state index is -0.720. The standard InChI is InChI=1S/C29H29F2N5O5/c1-17(37)25-27(36-10-8-35(9-11-36)12-13-39-2)21-7-5-19(15-24(21)41-28(25)38)33-29-32-16-22(31)26(34-29)20-6-4-18(30)14-23(20)40-3/h4-7,14-16H,8-13H2,1-3H3,(H,32,33,34). The molecule has 0 radical (unpaired) electrons. The predicted molar refractivity (Wildman–Crippen MR) is 150 cm³/mol. The Morgan fingerprint density at radius 1 is 1.10 bits per heavy atom. The number of carbonyl (C=O) groups is 1. The summed E-state index contributed by atoms with van der Waals surface area (Å²) in [5.74, 6) is -1.44. The molecule has 1 saturated heterocycles. The quantitative estimate of drug-likeness (QED) is 0.234. The molecule has 0 unspecified atom stereocenters. The molecule has 0 amide bonds. The monoisotopic (exact) mass is 565 g/mol. The highest BCUT2D eigenvalue weighted by molar-refractivity contribution is 6.07. The molecule has 0 spiro atoms. The van der Waals surface area contributed by atoms with E-state index in [-0.39, 0.29) is 39.9 Å². The molecule has 0 saturated carbocycles. The van der Waals surface area contributed by atoms with Gasteiger partial charge in [-0.3, -0.25) is 9.69 Å². The highest BCUT2D eigenvalue weighted by Crippen LogP contribution is 2.34. The van der Waals surface area contributed by atoms with Crippen molar-refractivity contribution in [1.82, 2.24) is 14.9 Å². The number of methoxy groups -OCH3 is 2. The number of ether oxygens (including phenoxy) is 2. The van der Waals surface area contributed by atoms with Crippen LogP contribution in [0, 0.1) is 11.6 Å². The first-order chi connectivity index (χ1) is 19.8. The minimum Gasteiger partial charge on any atom is -0.496 e. The van der Waals surface area contributed by atoms with Gasteiger partial charge in [-0.05, 0) is 31.2 Å². The van der Waals surface area contributed by atoms with Crippen LogP contribution >= 0.6 is 0 Å². The molecule has 4 aromatic rings. The molecule has 2 aromatic carbocycles. The zero-order valence-electron chi connectivity index (χ0n) is 22.9. The van der Waals surface area contributed by atoms with Crippen molar-refractivity contribution in [3.8, 4) is 17.0 Å². The smallest absolute Gasteiger partial charge is 0.349 e. The zero-order valence-corrected chi connectivity index (χ0v) is 22.9. The largest absolute Gasteiger partial charge is 0.496 e. The lowest BCUT2D eigenvalue weighted by Crippen LogP contribution is -2.48. The number of ketones is 1. The van der Waals surface area contributed by atoms with Gasteiger partial charge in [0, 0.05) is 68.6 Å². The number of rotatable bonds is 9. The fourth-order valence-electron chi connectivity index (χ4n) is 4.92. The van der Waals surface area contributed by atoms with Crippen molar-refractivity contribution >= 4 is 34.1 Å². The van der Waals surface area contributed by atoms with Crippen LogP contribution in [0.4, 0.5) is 26.1 Å². The predicted octanol–water partition coefficient (Wildman–Crippen LogP) is 4.25. The van der Waals surface area contributed by atoms with Crippen molar-refractivity contribution in [2.24, 2.45) is 0 Å². The van der Waals surface area contributed by atoms with Crippen molar-refractivity contribution in [2.75, 3.05) is 63.8 Å². The zero-order chi connectivity index (χ0) is 29.1. The van der Waals surface area contributed by atoms with E-state index in [9.17, 15) is 18.4 Å². The Balaban J connectivity index is 1.48. The van der Waals surface area contributed by atoms with E-state index in [1.807, 2.05) is 4.90 Å². The summed E-state index contributed by atoms with van der Waals surface area (Å²) in [6.45, 7) is 5.55. The van der Waals surface area contributed by atoms with Crippen molar-refractivity contribution in [2.45, 2.75) is 6.92 Å². The van der Waals surface area contributed by atoms with Crippen LogP contribution < -0.4 is 20.6 Å². The average Bonchev–Trinajstić information content (AvgIpc) is 2.96. The van der Waals surface area contributed by atoms with Crippen LogP contribution in [0.25, 0.3) is 22.2 Å². The molecule has 0 atom stereocenters. The van der Waals surface area contributed by atoms with E-state index in [0.717, 1.165) is 31.9 Å². The van der Waals surface area contributed by atoms with E-state index >= 15 is 0 Å². The summed E-state index contributed by atoms with van der Waals surface area (Å²) in [6.07, 6.45) is 0.998. The van der Waals surface area contributed by atoms with Crippen molar-refractivity contribution in [3.05, 3.63) is 70.2 Å². The molecule has 1 N–H and O–H groups in total. The highest BCUT2D eigenvalue weighted by Gasteiger charge is 2.26. The fourth-order valence-corrected chi connectivity index (χ4v) is 4.92. The Bertz CT molecular complexity index is 1650. The molecule has 0 bridgehead atoms. The second-order valence-electron chi connectivity index (χ2n) is 9.56. The number of carbonyl (C=O) groups excluding carboxylic acids is 1. The normalized spacial score (nSPS) is 13.9. The lowest BCUT2D eigenvalue weighted by Gasteiger charge is -2.36. The number of nitrogens with zero attached hydrogens (tertiary/aromatic N) is 4. The third-order valence-electron chi connectivity index (χ3n) is 6.95. The van der Waals surface area contributed by atoms with Gasteiger partial charge in [-0.15, -0.1) is 0 Å². The van der Waals surface area contributed by atoms with Crippen LogP contribution in [0.1, 0.15) is 17.3 Å². The van der Waals surface area contributed by atoms with Gasteiger partial charge in [0.25, 0.3) is 0 Å². The van der Waals surface area contributed by atoms with E-state index in [1.165, 1.54) is 26.2 Å². The number of piperazine rings is 1. The van der Waals surface area contributed by atoms with Gasteiger partial charge in [0.15, 0.2) is 11.6 Å². The SMILES string of the molecule is COCCN1CCN(c2c(C(C)=O)c(=O)oc3cc(Nc4ncc(F)c(-c5ccc(F)cc5OC)n4)ccc23)CC1. The Hall–Kier alpha value is -4.42. The van der Waals surface area contributed by atoms with Gasteiger partial charge >= 0.3 is 5.63 Å². The van der Waals surface area contributed by atoms with E-state index in [0.29, 0.717) is 36.5 Å². The van der Waals surface area contributed by atoms with Crippen LogP contribution in [-0.2, 0) is 4.74 Å². The topological polar surface area (TPSA) is 110 Å². The third kappa shape index (κ3) is 5.88. The number of hydrogen-bond acceptors (Lipinski definition) is 10. The minimum absolute atomic E-state index is 0.0169. The summed E-state index contributed by atoms with van der Waals surface area (Å²) in [5.41, 5.74) is 0.755. The molecule has 10 nitrogen and oxygen atoms in total. The second-order valence-corrected chi connectivity index (χ2v) is 9.56. The van der Waals surface area contributed by atoms with Gasteiger partial charge in [0.1, 0.15) is 28.4 Å². The Labute approximate surface area is 234 Å². The van der Waals surface area contributed by atoms with Crippen molar-refractivity contribution in [1.29, 1.82) is 0 Å². The molecule has 214 valence electrons. The summed E-state index contributed by atoms with van der Waals surface area (Å²) in [6, 6.07) is 8.79. The first-order valence-corrected chi connectivity index (χ1v) is 13.0. The fraction of sp³-hybridized carbons (Fsp3) is 0.310. The maximum absolute atomic E-state index is 14.7. The molecule has 2 aromatic heterocycles. The molecular formula is C29H29F2N5O5. The van der Waals surface area contributed by atoms with Crippen LogP contribution in [0.5, 0.6) is 5.75 Å². The first kappa shape index (κ1) is 28.1. The highest BCUT2D eigenvalue weighted by atomic mass is 19.1. The number of benzene rings is 2.